The van der Waals surface area contributed by atoms with E-state index in [1.807, 2.05) is 6.07 Å². The quantitative estimate of drug-likeness (QED) is 0.833. The average Bonchev–Trinajstić information content (AvgIpc) is 3.04. The van der Waals surface area contributed by atoms with E-state index >= 15 is 0 Å². The van der Waals surface area contributed by atoms with Crippen molar-refractivity contribution >= 4 is 0 Å². The Labute approximate surface area is 126 Å². The van der Waals surface area contributed by atoms with Crippen LogP contribution in [0, 0.1) is 11.7 Å². The molecule has 1 aromatic carbocycles. The Balaban J connectivity index is 1.54. The minimum atomic E-state index is -0.154. The Bertz CT molecular complexity index is 482. The molecule has 2 aliphatic heterocycles. The largest absolute Gasteiger partial charge is 0.385 e. The van der Waals surface area contributed by atoms with Crippen LogP contribution in [0.5, 0.6) is 0 Å². The fourth-order valence-corrected chi connectivity index (χ4v) is 3.65. The van der Waals surface area contributed by atoms with Gasteiger partial charge in [-0.15, -0.1) is 0 Å². The van der Waals surface area contributed by atoms with Crippen LogP contribution in [0.3, 0.4) is 0 Å². The summed E-state index contributed by atoms with van der Waals surface area (Å²) in [7, 11) is 1.75. The zero-order valence-electron chi connectivity index (χ0n) is 12.7. The number of rotatable bonds is 5. The van der Waals surface area contributed by atoms with Crippen molar-refractivity contribution in [3.63, 3.8) is 0 Å². The van der Waals surface area contributed by atoms with E-state index < -0.39 is 0 Å². The third-order valence-corrected chi connectivity index (χ3v) is 4.71. The van der Waals surface area contributed by atoms with Crippen LogP contribution in [-0.2, 0) is 16.0 Å². The molecule has 0 saturated carbocycles. The van der Waals surface area contributed by atoms with Crippen molar-refractivity contribution < 1.29 is 13.9 Å². The number of hydrogen-bond acceptors (Lipinski definition) is 3. The minimum Gasteiger partial charge on any atom is -0.385 e. The lowest BCUT2D eigenvalue weighted by molar-refractivity contribution is 0.0107. The molecule has 0 radical (unpaired) electrons. The molecule has 2 unspecified atom stereocenters. The first-order valence-corrected chi connectivity index (χ1v) is 7.79. The first kappa shape index (κ1) is 14.9. The van der Waals surface area contributed by atoms with E-state index in [0.717, 1.165) is 57.7 Å². The van der Waals surface area contributed by atoms with Gasteiger partial charge in [-0.1, -0.05) is 12.1 Å². The predicted molar refractivity (Wildman–Crippen MR) is 79.6 cm³/mol. The van der Waals surface area contributed by atoms with Gasteiger partial charge in [-0.25, -0.2) is 4.39 Å². The summed E-state index contributed by atoms with van der Waals surface area (Å²) in [5.74, 6) is 0.470. The van der Waals surface area contributed by atoms with Crippen LogP contribution in [0.2, 0.25) is 0 Å². The Kier molecular flexibility index (Phi) is 4.57. The molecule has 2 saturated heterocycles. The molecular formula is C17H24FNO2. The highest BCUT2D eigenvalue weighted by molar-refractivity contribution is 5.16. The second-order valence-corrected chi connectivity index (χ2v) is 6.44. The average molecular weight is 293 g/mol. The van der Waals surface area contributed by atoms with Crippen LogP contribution in [0.15, 0.2) is 24.3 Å². The zero-order valence-corrected chi connectivity index (χ0v) is 12.7. The maximum Gasteiger partial charge on any atom is 0.123 e. The molecule has 0 N–H and O–H groups in total. The summed E-state index contributed by atoms with van der Waals surface area (Å²) in [6.45, 7) is 4.49. The van der Waals surface area contributed by atoms with E-state index in [-0.39, 0.29) is 11.4 Å². The highest BCUT2D eigenvalue weighted by atomic mass is 19.1. The molecule has 0 amide bonds. The maximum atomic E-state index is 13.3. The summed E-state index contributed by atoms with van der Waals surface area (Å²) in [5.41, 5.74) is 1.08. The van der Waals surface area contributed by atoms with Crippen molar-refractivity contribution in [3.05, 3.63) is 35.6 Å². The van der Waals surface area contributed by atoms with Crippen LogP contribution in [0.1, 0.15) is 24.8 Å². The molecule has 3 rings (SSSR count). The normalized spacial score (nSPS) is 29.5. The van der Waals surface area contributed by atoms with Gasteiger partial charge in [0.2, 0.25) is 0 Å². The zero-order chi connectivity index (χ0) is 14.7. The molecule has 2 fully saturated rings. The van der Waals surface area contributed by atoms with E-state index in [9.17, 15) is 4.39 Å². The van der Waals surface area contributed by atoms with E-state index in [4.69, 9.17) is 9.47 Å². The molecule has 1 aromatic rings. The third-order valence-electron chi connectivity index (χ3n) is 4.71. The molecule has 1 spiro atoms. The summed E-state index contributed by atoms with van der Waals surface area (Å²) in [6, 6.07) is 6.89. The van der Waals surface area contributed by atoms with Crippen molar-refractivity contribution in [3.8, 4) is 0 Å². The smallest absolute Gasteiger partial charge is 0.123 e. The molecule has 21 heavy (non-hydrogen) atoms. The van der Waals surface area contributed by atoms with Gasteiger partial charge in [0, 0.05) is 33.4 Å². The fraction of sp³-hybridized carbons (Fsp3) is 0.647. The van der Waals surface area contributed by atoms with Crippen LogP contribution in [0.4, 0.5) is 4.39 Å². The SMILES string of the molecule is COCCC1COC2(CCN(Cc3cccc(F)c3)C2)C1. The van der Waals surface area contributed by atoms with Crippen LogP contribution in [0.25, 0.3) is 0 Å². The van der Waals surface area contributed by atoms with Gasteiger partial charge in [-0.05, 0) is 42.9 Å². The molecule has 116 valence electrons. The van der Waals surface area contributed by atoms with Gasteiger partial charge in [-0.2, -0.15) is 0 Å². The lowest BCUT2D eigenvalue weighted by atomic mass is 9.92. The molecule has 2 aliphatic rings. The number of hydrogen-bond donors (Lipinski definition) is 0. The first-order chi connectivity index (χ1) is 10.2. The predicted octanol–water partition coefficient (Wildman–Crippen LogP) is 2.84. The lowest BCUT2D eigenvalue weighted by Crippen LogP contribution is -2.32. The number of methoxy groups -OCH3 is 1. The number of ether oxygens (including phenoxy) is 2. The molecule has 0 aromatic heterocycles. The van der Waals surface area contributed by atoms with Gasteiger partial charge in [-0.3, -0.25) is 4.90 Å². The Morgan fingerprint density at radius 3 is 3.19 bits per heavy atom. The number of halogens is 1. The molecule has 2 heterocycles. The van der Waals surface area contributed by atoms with Gasteiger partial charge in [0.15, 0.2) is 0 Å². The molecule has 4 heteroatoms. The standard InChI is InChI=1S/C17H24FNO2/c1-20-8-5-15-10-17(21-12-15)6-7-19(13-17)11-14-3-2-4-16(18)9-14/h2-4,9,15H,5-8,10-13H2,1H3. The second kappa shape index (κ2) is 6.42. The number of nitrogens with zero attached hydrogens (tertiary/aromatic N) is 1. The number of benzene rings is 1. The van der Waals surface area contributed by atoms with Crippen molar-refractivity contribution in [2.24, 2.45) is 5.92 Å². The highest BCUT2D eigenvalue weighted by Crippen LogP contribution is 2.39. The topological polar surface area (TPSA) is 21.7 Å². The van der Waals surface area contributed by atoms with E-state index in [1.54, 1.807) is 19.2 Å². The second-order valence-electron chi connectivity index (χ2n) is 6.44. The molecular weight excluding hydrogens is 269 g/mol. The van der Waals surface area contributed by atoms with Crippen molar-refractivity contribution in [1.29, 1.82) is 0 Å². The summed E-state index contributed by atoms with van der Waals surface area (Å²) in [5, 5.41) is 0. The van der Waals surface area contributed by atoms with Gasteiger partial charge < -0.3 is 9.47 Å². The van der Waals surface area contributed by atoms with Crippen molar-refractivity contribution in [2.45, 2.75) is 31.4 Å². The fourth-order valence-electron chi connectivity index (χ4n) is 3.65. The van der Waals surface area contributed by atoms with Gasteiger partial charge in [0.1, 0.15) is 5.82 Å². The summed E-state index contributed by atoms with van der Waals surface area (Å²) >= 11 is 0. The Morgan fingerprint density at radius 1 is 1.48 bits per heavy atom. The summed E-state index contributed by atoms with van der Waals surface area (Å²) in [6.07, 6.45) is 3.31. The van der Waals surface area contributed by atoms with Crippen LogP contribution >= 0.6 is 0 Å². The molecule has 3 nitrogen and oxygen atoms in total. The van der Waals surface area contributed by atoms with E-state index in [1.165, 1.54) is 6.07 Å². The number of likely N-dealkylation sites (tertiary alicyclic amines) is 1. The van der Waals surface area contributed by atoms with Gasteiger partial charge in [0.25, 0.3) is 0 Å². The maximum absolute atomic E-state index is 13.3. The van der Waals surface area contributed by atoms with Gasteiger partial charge in [0.05, 0.1) is 12.2 Å². The minimum absolute atomic E-state index is 0.0335. The third kappa shape index (κ3) is 3.62. The summed E-state index contributed by atoms with van der Waals surface area (Å²) in [4.78, 5) is 2.38. The Hall–Kier alpha value is -0.970. The van der Waals surface area contributed by atoms with Crippen molar-refractivity contribution in [2.75, 3.05) is 33.4 Å². The summed E-state index contributed by atoms with van der Waals surface area (Å²) < 4.78 is 24.5. The molecule has 0 bridgehead atoms. The lowest BCUT2D eigenvalue weighted by Gasteiger charge is -2.23. The first-order valence-electron chi connectivity index (χ1n) is 7.79. The van der Waals surface area contributed by atoms with Crippen molar-refractivity contribution in [1.82, 2.24) is 4.90 Å². The van der Waals surface area contributed by atoms with E-state index in [0.29, 0.717) is 5.92 Å². The van der Waals surface area contributed by atoms with Crippen LogP contribution in [-0.4, -0.2) is 43.9 Å². The highest BCUT2D eigenvalue weighted by Gasteiger charge is 2.45. The van der Waals surface area contributed by atoms with E-state index in [2.05, 4.69) is 4.90 Å². The monoisotopic (exact) mass is 293 g/mol. The molecule has 2 atom stereocenters. The molecule has 0 aliphatic carbocycles. The van der Waals surface area contributed by atoms with Gasteiger partial charge >= 0.3 is 0 Å². The van der Waals surface area contributed by atoms with Crippen LogP contribution < -0.4 is 0 Å². The Morgan fingerprint density at radius 2 is 2.38 bits per heavy atom.